The minimum absolute atomic E-state index is 0.0312. The van der Waals surface area contributed by atoms with Gasteiger partial charge in [0.25, 0.3) is 5.91 Å². The molecule has 0 fully saturated rings. The normalized spacial score (nSPS) is 21.4. The number of phenols is 1. The van der Waals surface area contributed by atoms with Gasteiger partial charge in [0.1, 0.15) is 5.75 Å². The molecule has 1 aromatic rings. The largest absolute Gasteiger partial charge is 0.506 e. The van der Waals surface area contributed by atoms with Gasteiger partial charge in [-0.2, -0.15) is 0 Å². The van der Waals surface area contributed by atoms with Crippen molar-refractivity contribution in [2.75, 3.05) is 5.73 Å². The number of nitrogens with zero attached hydrogens (tertiary/aromatic N) is 1. The Morgan fingerprint density at radius 2 is 2.20 bits per heavy atom. The SMILES string of the molecule is CC1=CN2C(=O)C=C(c3ccc(N)c(O)c3)CC2C=C1. The molecule has 0 spiro atoms. The van der Waals surface area contributed by atoms with Crippen LogP contribution in [-0.2, 0) is 4.79 Å². The summed E-state index contributed by atoms with van der Waals surface area (Å²) >= 11 is 0. The van der Waals surface area contributed by atoms with Gasteiger partial charge in [-0.15, -0.1) is 0 Å². The van der Waals surface area contributed by atoms with Crippen LogP contribution < -0.4 is 5.73 Å². The number of carbonyl (C=O) groups is 1. The Kier molecular flexibility index (Phi) is 2.86. The van der Waals surface area contributed by atoms with E-state index in [1.54, 1.807) is 23.1 Å². The van der Waals surface area contributed by atoms with Crippen LogP contribution in [0.2, 0.25) is 0 Å². The fourth-order valence-corrected chi connectivity index (χ4v) is 2.56. The second-order valence-corrected chi connectivity index (χ2v) is 5.19. The molecule has 2 aliphatic heterocycles. The summed E-state index contributed by atoms with van der Waals surface area (Å²) in [6.45, 7) is 1.97. The molecule has 0 radical (unpaired) electrons. The van der Waals surface area contributed by atoms with Crippen molar-refractivity contribution in [2.24, 2.45) is 0 Å². The van der Waals surface area contributed by atoms with Crippen LogP contribution >= 0.6 is 0 Å². The fourth-order valence-electron chi connectivity index (χ4n) is 2.56. The molecule has 1 atom stereocenters. The van der Waals surface area contributed by atoms with Gasteiger partial charge < -0.3 is 15.7 Å². The van der Waals surface area contributed by atoms with Crippen molar-refractivity contribution in [1.29, 1.82) is 0 Å². The highest BCUT2D eigenvalue weighted by Crippen LogP contribution is 2.33. The predicted octanol–water partition coefficient (Wildman–Crippen LogP) is 2.43. The predicted molar refractivity (Wildman–Crippen MR) is 78.6 cm³/mol. The summed E-state index contributed by atoms with van der Waals surface area (Å²) < 4.78 is 0. The summed E-state index contributed by atoms with van der Waals surface area (Å²) in [5.74, 6) is 0.0180. The van der Waals surface area contributed by atoms with Crippen LogP contribution in [0.3, 0.4) is 0 Å². The number of hydrogen-bond acceptors (Lipinski definition) is 3. The fraction of sp³-hybridized carbons (Fsp3) is 0.188. The third-order valence-electron chi connectivity index (χ3n) is 3.66. The highest BCUT2D eigenvalue weighted by molar-refractivity contribution is 5.98. The lowest BCUT2D eigenvalue weighted by molar-refractivity contribution is -0.125. The summed E-state index contributed by atoms with van der Waals surface area (Å²) in [4.78, 5) is 13.9. The summed E-state index contributed by atoms with van der Waals surface area (Å²) in [6, 6.07) is 5.14. The number of hydrogen-bond donors (Lipinski definition) is 2. The quantitative estimate of drug-likeness (QED) is 0.607. The molecular weight excluding hydrogens is 252 g/mol. The maximum absolute atomic E-state index is 12.2. The Bertz CT molecular complexity index is 671. The molecule has 1 unspecified atom stereocenters. The van der Waals surface area contributed by atoms with Crippen molar-refractivity contribution in [2.45, 2.75) is 19.4 Å². The molecule has 4 nitrogen and oxygen atoms in total. The zero-order valence-corrected chi connectivity index (χ0v) is 11.2. The zero-order chi connectivity index (χ0) is 14.3. The van der Waals surface area contributed by atoms with Gasteiger partial charge in [0.05, 0.1) is 11.7 Å². The Balaban J connectivity index is 1.96. The lowest BCUT2D eigenvalue weighted by atomic mass is 9.92. The van der Waals surface area contributed by atoms with E-state index in [1.807, 2.05) is 31.3 Å². The van der Waals surface area contributed by atoms with Crippen LogP contribution in [0.4, 0.5) is 5.69 Å². The van der Waals surface area contributed by atoms with Crippen molar-refractivity contribution in [1.82, 2.24) is 4.90 Å². The van der Waals surface area contributed by atoms with E-state index in [2.05, 4.69) is 0 Å². The van der Waals surface area contributed by atoms with E-state index in [1.165, 1.54) is 0 Å². The van der Waals surface area contributed by atoms with Gasteiger partial charge in [-0.1, -0.05) is 18.2 Å². The lowest BCUT2D eigenvalue weighted by Gasteiger charge is -2.33. The number of amides is 1. The smallest absolute Gasteiger partial charge is 0.251 e. The summed E-state index contributed by atoms with van der Waals surface area (Å²) in [6.07, 6.45) is 8.30. The minimum atomic E-state index is -0.0312. The van der Waals surface area contributed by atoms with E-state index < -0.39 is 0 Å². The summed E-state index contributed by atoms with van der Waals surface area (Å²) in [7, 11) is 0. The maximum atomic E-state index is 12.2. The van der Waals surface area contributed by atoms with Crippen molar-refractivity contribution in [3.8, 4) is 5.75 Å². The van der Waals surface area contributed by atoms with Crippen LogP contribution in [0.15, 0.2) is 48.2 Å². The number of benzene rings is 1. The number of nitrogens with two attached hydrogens (primary N) is 1. The molecule has 102 valence electrons. The average Bonchev–Trinajstić information content (AvgIpc) is 2.42. The molecule has 2 aliphatic rings. The van der Waals surface area contributed by atoms with E-state index in [4.69, 9.17) is 5.73 Å². The van der Waals surface area contributed by atoms with Crippen LogP contribution in [0.1, 0.15) is 18.9 Å². The minimum Gasteiger partial charge on any atom is -0.506 e. The van der Waals surface area contributed by atoms with Crippen molar-refractivity contribution >= 4 is 17.2 Å². The number of nitrogen functional groups attached to an aromatic ring is 1. The summed E-state index contributed by atoms with van der Waals surface area (Å²) in [5.41, 5.74) is 8.77. The first-order valence-electron chi connectivity index (χ1n) is 6.53. The van der Waals surface area contributed by atoms with E-state index in [0.717, 1.165) is 23.1 Å². The third-order valence-corrected chi connectivity index (χ3v) is 3.66. The zero-order valence-electron chi connectivity index (χ0n) is 11.2. The van der Waals surface area contributed by atoms with Crippen LogP contribution in [0.5, 0.6) is 5.75 Å². The number of aromatic hydroxyl groups is 1. The van der Waals surface area contributed by atoms with E-state index in [0.29, 0.717) is 5.69 Å². The van der Waals surface area contributed by atoms with E-state index in [-0.39, 0.29) is 17.7 Å². The Morgan fingerprint density at radius 3 is 2.95 bits per heavy atom. The third kappa shape index (κ3) is 2.09. The molecule has 3 rings (SSSR count). The highest BCUT2D eigenvalue weighted by Gasteiger charge is 2.27. The number of phenolic OH excluding ortho intramolecular Hbond substituents is 1. The molecule has 3 N–H and O–H groups in total. The topological polar surface area (TPSA) is 66.6 Å². The molecular formula is C16H16N2O2. The molecule has 0 saturated heterocycles. The van der Waals surface area contributed by atoms with Gasteiger partial charge in [0.15, 0.2) is 0 Å². The van der Waals surface area contributed by atoms with Crippen molar-refractivity contribution in [3.63, 3.8) is 0 Å². The van der Waals surface area contributed by atoms with Gasteiger partial charge in [-0.25, -0.2) is 0 Å². The number of fused-ring (bicyclic) bond motifs is 1. The molecule has 20 heavy (non-hydrogen) atoms. The average molecular weight is 268 g/mol. The standard InChI is InChI=1S/C16H16N2O2/c1-10-2-4-13-6-12(8-16(20)18(13)9-10)11-3-5-14(17)15(19)7-11/h2-5,7-9,13,19H,6,17H2,1H3. The molecule has 0 bridgehead atoms. The van der Waals surface area contributed by atoms with Crippen LogP contribution in [-0.4, -0.2) is 22.0 Å². The molecule has 4 heteroatoms. The number of anilines is 1. The van der Waals surface area contributed by atoms with Gasteiger partial charge in [0.2, 0.25) is 0 Å². The van der Waals surface area contributed by atoms with Crippen molar-refractivity contribution in [3.05, 3.63) is 53.8 Å². The molecule has 2 heterocycles. The molecule has 1 amide bonds. The second kappa shape index (κ2) is 4.56. The number of rotatable bonds is 1. The molecule has 0 aromatic heterocycles. The maximum Gasteiger partial charge on any atom is 0.251 e. The van der Waals surface area contributed by atoms with Crippen LogP contribution in [0, 0.1) is 0 Å². The first kappa shape index (κ1) is 12.5. The van der Waals surface area contributed by atoms with Gasteiger partial charge in [-0.05, 0) is 42.2 Å². The Hall–Kier alpha value is -2.49. The lowest BCUT2D eigenvalue weighted by Crippen LogP contribution is -2.38. The number of carbonyl (C=O) groups excluding carboxylic acids is 1. The summed E-state index contributed by atoms with van der Waals surface area (Å²) in [5, 5.41) is 9.69. The van der Waals surface area contributed by atoms with Crippen LogP contribution in [0.25, 0.3) is 5.57 Å². The van der Waals surface area contributed by atoms with Gasteiger partial charge in [-0.3, -0.25) is 4.79 Å². The van der Waals surface area contributed by atoms with Crippen molar-refractivity contribution < 1.29 is 9.90 Å². The van der Waals surface area contributed by atoms with E-state index >= 15 is 0 Å². The second-order valence-electron chi connectivity index (χ2n) is 5.19. The first-order chi connectivity index (χ1) is 9.54. The Morgan fingerprint density at radius 1 is 1.40 bits per heavy atom. The monoisotopic (exact) mass is 268 g/mol. The molecule has 0 aliphatic carbocycles. The number of allylic oxidation sites excluding steroid dienone is 2. The molecule has 1 aromatic carbocycles. The van der Waals surface area contributed by atoms with Gasteiger partial charge >= 0.3 is 0 Å². The van der Waals surface area contributed by atoms with E-state index in [9.17, 15) is 9.90 Å². The van der Waals surface area contributed by atoms with Gasteiger partial charge in [0, 0.05) is 12.3 Å². The Labute approximate surface area is 117 Å². The molecule has 0 saturated carbocycles. The first-order valence-corrected chi connectivity index (χ1v) is 6.53. The highest BCUT2D eigenvalue weighted by atomic mass is 16.3.